The Labute approximate surface area is 150 Å². The number of benzene rings is 1. The van der Waals surface area contributed by atoms with Crippen LogP contribution < -0.4 is 9.47 Å². The van der Waals surface area contributed by atoms with E-state index in [1.165, 1.54) is 25.2 Å². The van der Waals surface area contributed by atoms with Gasteiger partial charge in [-0.2, -0.15) is 0 Å². The Morgan fingerprint density at radius 2 is 1.85 bits per heavy atom. The third kappa shape index (κ3) is 3.16. The van der Waals surface area contributed by atoms with Crippen LogP contribution in [0, 0.1) is 21.4 Å². The van der Waals surface area contributed by atoms with Crippen LogP contribution in [-0.2, 0) is 4.79 Å². The zero-order chi connectivity index (χ0) is 19.6. The van der Waals surface area contributed by atoms with E-state index in [9.17, 15) is 24.8 Å². The Kier molecular flexibility index (Phi) is 5.38. The number of carbonyl (C=O) groups is 2. The van der Waals surface area contributed by atoms with Crippen molar-refractivity contribution in [1.82, 2.24) is 4.90 Å². The molecule has 0 aliphatic carbocycles. The number of carbonyl (C=O) groups excluding carboxylic acids is 1. The van der Waals surface area contributed by atoms with Crippen LogP contribution in [0.25, 0.3) is 0 Å². The van der Waals surface area contributed by atoms with Crippen molar-refractivity contribution < 1.29 is 29.1 Å². The van der Waals surface area contributed by atoms with Crippen LogP contribution in [0.5, 0.6) is 11.5 Å². The molecule has 1 aromatic carbocycles. The SMILES string of the molecule is COc1cc(C(=O)N2CCC(C(=O)O)(C(C)C)C2)c([N+](=O)[O-])cc1OC. The van der Waals surface area contributed by atoms with E-state index in [4.69, 9.17) is 9.47 Å². The lowest BCUT2D eigenvalue weighted by Gasteiger charge is -2.28. The van der Waals surface area contributed by atoms with E-state index in [1.54, 1.807) is 13.8 Å². The molecule has 142 valence electrons. The summed E-state index contributed by atoms with van der Waals surface area (Å²) in [6.45, 7) is 3.81. The molecule has 0 bridgehead atoms. The number of nitro groups is 1. The minimum atomic E-state index is -1.05. The first-order valence-corrected chi connectivity index (χ1v) is 8.11. The van der Waals surface area contributed by atoms with Gasteiger partial charge in [0, 0.05) is 19.2 Å². The largest absolute Gasteiger partial charge is 0.493 e. The summed E-state index contributed by atoms with van der Waals surface area (Å²) in [5.74, 6) is -1.42. The van der Waals surface area contributed by atoms with Crippen molar-refractivity contribution in [3.8, 4) is 11.5 Å². The van der Waals surface area contributed by atoms with Gasteiger partial charge in [0.2, 0.25) is 0 Å². The minimum Gasteiger partial charge on any atom is -0.493 e. The van der Waals surface area contributed by atoms with Crippen LogP contribution in [0.2, 0.25) is 0 Å². The van der Waals surface area contributed by atoms with E-state index in [0.29, 0.717) is 6.42 Å². The molecule has 0 saturated carbocycles. The number of nitrogens with zero attached hydrogens (tertiary/aromatic N) is 2. The van der Waals surface area contributed by atoms with Crippen LogP contribution in [0.15, 0.2) is 12.1 Å². The Balaban J connectivity index is 2.44. The molecule has 1 saturated heterocycles. The van der Waals surface area contributed by atoms with E-state index >= 15 is 0 Å². The van der Waals surface area contributed by atoms with Crippen LogP contribution in [0.1, 0.15) is 30.6 Å². The van der Waals surface area contributed by atoms with Gasteiger partial charge in [-0.05, 0) is 12.3 Å². The number of carboxylic acids is 1. The maximum absolute atomic E-state index is 12.9. The van der Waals surface area contributed by atoms with Crippen LogP contribution >= 0.6 is 0 Å². The highest BCUT2D eigenvalue weighted by Crippen LogP contribution is 2.40. The third-order valence-corrected chi connectivity index (χ3v) is 5.05. The molecule has 1 heterocycles. The molecule has 0 radical (unpaired) electrons. The van der Waals surface area contributed by atoms with Crippen molar-refractivity contribution in [2.45, 2.75) is 20.3 Å². The second-order valence-corrected chi connectivity index (χ2v) is 6.57. The smallest absolute Gasteiger partial charge is 0.311 e. The average molecular weight is 366 g/mol. The summed E-state index contributed by atoms with van der Waals surface area (Å²) in [4.78, 5) is 36.7. The molecule has 1 aliphatic heterocycles. The molecule has 2 rings (SSSR count). The summed E-state index contributed by atoms with van der Waals surface area (Å²) in [6.07, 6.45) is 0.298. The number of hydrogen-bond donors (Lipinski definition) is 1. The van der Waals surface area contributed by atoms with Crippen molar-refractivity contribution in [2.75, 3.05) is 27.3 Å². The summed E-state index contributed by atoms with van der Waals surface area (Å²) < 4.78 is 10.2. The molecular weight excluding hydrogens is 344 g/mol. The molecule has 1 unspecified atom stereocenters. The second-order valence-electron chi connectivity index (χ2n) is 6.57. The monoisotopic (exact) mass is 366 g/mol. The maximum Gasteiger partial charge on any atom is 0.311 e. The normalized spacial score (nSPS) is 19.5. The van der Waals surface area contributed by atoms with E-state index < -0.39 is 27.9 Å². The van der Waals surface area contributed by atoms with Crippen LogP contribution in [0.4, 0.5) is 5.69 Å². The first kappa shape index (κ1) is 19.5. The number of aliphatic carboxylic acids is 1. The van der Waals surface area contributed by atoms with Gasteiger partial charge in [-0.3, -0.25) is 19.7 Å². The molecule has 1 fully saturated rings. The van der Waals surface area contributed by atoms with Crippen LogP contribution in [0.3, 0.4) is 0 Å². The summed E-state index contributed by atoms with van der Waals surface area (Å²) in [6, 6.07) is 2.39. The highest BCUT2D eigenvalue weighted by Gasteiger charge is 2.49. The first-order chi connectivity index (χ1) is 12.2. The Morgan fingerprint density at radius 1 is 1.27 bits per heavy atom. The fourth-order valence-electron chi connectivity index (χ4n) is 3.26. The quantitative estimate of drug-likeness (QED) is 0.605. The van der Waals surface area contributed by atoms with Gasteiger partial charge in [0.05, 0.1) is 30.6 Å². The van der Waals surface area contributed by atoms with Crippen molar-refractivity contribution >= 4 is 17.6 Å². The maximum atomic E-state index is 12.9. The number of ether oxygens (including phenoxy) is 2. The number of nitro benzene ring substituents is 1. The fourth-order valence-corrected chi connectivity index (χ4v) is 3.26. The topological polar surface area (TPSA) is 119 Å². The summed E-state index contributed by atoms with van der Waals surface area (Å²) in [5, 5.41) is 21.0. The zero-order valence-corrected chi connectivity index (χ0v) is 15.1. The molecule has 1 amide bonds. The highest BCUT2D eigenvalue weighted by atomic mass is 16.6. The lowest BCUT2D eigenvalue weighted by atomic mass is 9.76. The summed E-state index contributed by atoms with van der Waals surface area (Å²) in [7, 11) is 2.70. The number of methoxy groups -OCH3 is 2. The average Bonchev–Trinajstić information content (AvgIpc) is 3.06. The molecule has 1 aliphatic rings. The van der Waals surface area contributed by atoms with Crippen LogP contribution in [-0.4, -0.2) is 54.1 Å². The van der Waals surface area contributed by atoms with E-state index in [0.717, 1.165) is 6.07 Å². The lowest BCUT2D eigenvalue weighted by Crippen LogP contribution is -2.40. The molecular formula is C17H22N2O7. The number of likely N-dealkylation sites (tertiary alicyclic amines) is 1. The Hall–Kier alpha value is -2.84. The van der Waals surface area contributed by atoms with Gasteiger partial charge in [0.1, 0.15) is 5.56 Å². The minimum absolute atomic E-state index is 0.00430. The van der Waals surface area contributed by atoms with Gasteiger partial charge in [-0.1, -0.05) is 13.8 Å². The van der Waals surface area contributed by atoms with Crippen molar-refractivity contribution in [1.29, 1.82) is 0 Å². The fraction of sp³-hybridized carbons (Fsp3) is 0.529. The number of rotatable bonds is 6. The molecule has 1 atom stereocenters. The molecule has 9 heteroatoms. The van der Waals surface area contributed by atoms with Gasteiger partial charge in [0.15, 0.2) is 11.5 Å². The lowest BCUT2D eigenvalue weighted by molar-refractivity contribution is -0.385. The van der Waals surface area contributed by atoms with Gasteiger partial charge >= 0.3 is 5.97 Å². The third-order valence-electron chi connectivity index (χ3n) is 5.05. The van der Waals surface area contributed by atoms with Gasteiger partial charge in [0.25, 0.3) is 11.6 Å². The first-order valence-electron chi connectivity index (χ1n) is 8.11. The van der Waals surface area contributed by atoms with Gasteiger partial charge in [-0.15, -0.1) is 0 Å². The summed E-state index contributed by atoms with van der Waals surface area (Å²) >= 11 is 0. The second kappa shape index (κ2) is 7.19. The van der Waals surface area contributed by atoms with Gasteiger partial charge in [-0.25, -0.2) is 0 Å². The molecule has 0 spiro atoms. The highest BCUT2D eigenvalue weighted by molar-refractivity contribution is 5.99. The van der Waals surface area contributed by atoms with Crippen molar-refractivity contribution in [3.63, 3.8) is 0 Å². The van der Waals surface area contributed by atoms with E-state index in [-0.39, 0.29) is 36.1 Å². The molecule has 26 heavy (non-hydrogen) atoms. The predicted octanol–water partition coefficient (Wildman–Crippen LogP) is 2.18. The van der Waals surface area contributed by atoms with E-state index in [1.807, 2.05) is 0 Å². The van der Waals surface area contributed by atoms with Crippen molar-refractivity contribution in [2.24, 2.45) is 11.3 Å². The standard InChI is InChI=1S/C17H22N2O7/c1-10(2)17(16(21)22)5-6-18(9-17)15(20)11-7-13(25-3)14(26-4)8-12(11)19(23)24/h7-8,10H,5-6,9H2,1-4H3,(H,21,22). The van der Waals surface area contributed by atoms with Gasteiger partial charge < -0.3 is 19.5 Å². The number of hydrogen-bond acceptors (Lipinski definition) is 6. The zero-order valence-electron chi connectivity index (χ0n) is 15.1. The molecule has 0 aromatic heterocycles. The Bertz CT molecular complexity index is 747. The molecule has 1 aromatic rings. The molecule has 1 N–H and O–H groups in total. The predicted molar refractivity (Wildman–Crippen MR) is 91.6 cm³/mol. The van der Waals surface area contributed by atoms with Crippen molar-refractivity contribution in [3.05, 3.63) is 27.8 Å². The number of amides is 1. The van der Waals surface area contributed by atoms with E-state index in [2.05, 4.69) is 0 Å². The Morgan fingerprint density at radius 3 is 2.27 bits per heavy atom. The summed E-state index contributed by atoms with van der Waals surface area (Å²) in [5.41, 5.74) is -1.62. The number of carboxylic acid groups (broad SMARTS) is 1. The molecule has 9 nitrogen and oxygen atoms in total.